The second-order valence-electron chi connectivity index (χ2n) is 8.04. The van der Waals surface area contributed by atoms with Gasteiger partial charge >= 0.3 is 0 Å². The molecule has 0 aliphatic heterocycles. The van der Waals surface area contributed by atoms with Crippen LogP contribution in [0, 0.1) is 6.92 Å². The summed E-state index contributed by atoms with van der Waals surface area (Å²) in [7, 11) is 0. The third-order valence-electron chi connectivity index (χ3n) is 5.73. The Balaban J connectivity index is 1.47. The molecule has 30 heavy (non-hydrogen) atoms. The van der Waals surface area contributed by atoms with Crippen LogP contribution < -0.4 is 5.32 Å². The molecule has 5 rings (SSSR count). The summed E-state index contributed by atoms with van der Waals surface area (Å²) < 4.78 is 1.98. The van der Waals surface area contributed by atoms with E-state index in [1.807, 2.05) is 36.3 Å². The number of nitrogens with one attached hydrogen (secondary N) is 2. The molecule has 3 aromatic heterocycles. The number of H-pyrrole nitrogens is 1. The van der Waals surface area contributed by atoms with Gasteiger partial charge in [0.2, 0.25) is 5.95 Å². The summed E-state index contributed by atoms with van der Waals surface area (Å²) in [5, 5.41) is 8.69. The lowest BCUT2D eigenvalue weighted by atomic mass is 10.0. The van der Waals surface area contributed by atoms with Crippen molar-refractivity contribution in [2.75, 3.05) is 5.32 Å². The van der Waals surface area contributed by atoms with Crippen molar-refractivity contribution in [2.45, 2.75) is 45.6 Å². The zero-order chi connectivity index (χ0) is 20.7. The van der Waals surface area contributed by atoms with Gasteiger partial charge in [0.15, 0.2) is 5.82 Å². The summed E-state index contributed by atoms with van der Waals surface area (Å²) in [5.74, 6) is 1.51. The standard InChI is InChI=1S/C23H25N7/c1-14(2)30-15(3)20(13-26-30)27-23-28-21-19(10-11-24-21)22(29-23)25-12-17-9-8-16-6-4-5-7-18(16)17/h4-7,10-14,17H,8-9H2,1-3H3,(H2,24,27,28,29). The number of anilines is 2. The van der Waals surface area contributed by atoms with E-state index in [2.05, 4.69) is 58.5 Å². The van der Waals surface area contributed by atoms with Crippen LogP contribution in [0.25, 0.3) is 11.0 Å². The van der Waals surface area contributed by atoms with E-state index < -0.39 is 0 Å². The van der Waals surface area contributed by atoms with Crippen LogP contribution >= 0.6 is 0 Å². The lowest BCUT2D eigenvalue weighted by Crippen LogP contribution is -2.05. The van der Waals surface area contributed by atoms with E-state index in [9.17, 15) is 0 Å². The Hall–Kier alpha value is -3.48. The van der Waals surface area contributed by atoms with E-state index in [0.29, 0.717) is 23.7 Å². The summed E-state index contributed by atoms with van der Waals surface area (Å²) in [6.07, 6.45) is 7.91. The van der Waals surface area contributed by atoms with Crippen molar-refractivity contribution in [2.24, 2.45) is 4.99 Å². The molecule has 1 unspecified atom stereocenters. The predicted molar refractivity (Wildman–Crippen MR) is 120 cm³/mol. The average Bonchev–Trinajstić information content (AvgIpc) is 3.45. The summed E-state index contributed by atoms with van der Waals surface area (Å²) in [5.41, 5.74) is 5.50. The fourth-order valence-corrected chi connectivity index (χ4v) is 4.17. The van der Waals surface area contributed by atoms with Crippen molar-refractivity contribution >= 4 is 34.7 Å². The van der Waals surface area contributed by atoms with Gasteiger partial charge < -0.3 is 10.3 Å². The monoisotopic (exact) mass is 399 g/mol. The summed E-state index contributed by atoms with van der Waals surface area (Å²) in [6.45, 7) is 6.26. The van der Waals surface area contributed by atoms with Gasteiger partial charge in [0, 0.05) is 24.4 Å². The predicted octanol–water partition coefficient (Wildman–Crippen LogP) is 5.22. The molecule has 1 aromatic carbocycles. The van der Waals surface area contributed by atoms with Gasteiger partial charge in [0.05, 0.1) is 23.0 Å². The zero-order valence-electron chi connectivity index (χ0n) is 17.4. The molecule has 7 nitrogen and oxygen atoms in total. The fourth-order valence-electron chi connectivity index (χ4n) is 4.17. The molecule has 0 saturated carbocycles. The third-order valence-corrected chi connectivity index (χ3v) is 5.73. The maximum absolute atomic E-state index is 4.79. The average molecular weight is 400 g/mol. The lowest BCUT2D eigenvalue weighted by molar-refractivity contribution is 0.519. The Bertz CT molecular complexity index is 1230. The molecule has 2 N–H and O–H groups in total. The van der Waals surface area contributed by atoms with Gasteiger partial charge in [0.1, 0.15) is 5.65 Å². The molecule has 7 heteroatoms. The van der Waals surface area contributed by atoms with Crippen LogP contribution in [0.15, 0.2) is 47.7 Å². The first kappa shape index (κ1) is 18.5. The first-order chi connectivity index (χ1) is 14.6. The number of aliphatic imine (C=N–C) groups is 1. The molecule has 1 aliphatic carbocycles. The largest absolute Gasteiger partial charge is 0.346 e. The Morgan fingerprint density at radius 1 is 1.23 bits per heavy atom. The van der Waals surface area contributed by atoms with E-state index >= 15 is 0 Å². The molecule has 152 valence electrons. The Labute approximate surface area is 175 Å². The molecule has 1 atom stereocenters. The Morgan fingerprint density at radius 2 is 2.10 bits per heavy atom. The zero-order valence-corrected chi connectivity index (χ0v) is 17.4. The number of rotatable bonds is 5. The summed E-state index contributed by atoms with van der Waals surface area (Å²) in [4.78, 5) is 17.3. The van der Waals surface area contributed by atoms with Gasteiger partial charge in [-0.05, 0) is 50.8 Å². The highest BCUT2D eigenvalue weighted by molar-refractivity contribution is 5.89. The molecule has 0 radical (unpaired) electrons. The van der Waals surface area contributed by atoms with Gasteiger partial charge in [-0.2, -0.15) is 15.1 Å². The highest BCUT2D eigenvalue weighted by Gasteiger charge is 2.20. The SMILES string of the molecule is Cc1c(Nc2nc(N=CC3CCc4ccccc43)c3cc[nH]c3n2)cnn1C(C)C. The maximum atomic E-state index is 4.79. The number of hydrogen-bond acceptors (Lipinski definition) is 5. The molecule has 0 spiro atoms. The van der Waals surface area contributed by atoms with Crippen LogP contribution in [0.4, 0.5) is 17.5 Å². The number of fused-ring (bicyclic) bond motifs is 2. The van der Waals surface area contributed by atoms with Crippen molar-refractivity contribution in [3.63, 3.8) is 0 Å². The molecule has 1 aliphatic rings. The van der Waals surface area contributed by atoms with Gasteiger partial charge in [-0.15, -0.1) is 0 Å². The fraction of sp³-hybridized carbons (Fsp3) is 0.304. The molecule has 3 heterocycles. The number of hydrogen-bond donors (Lipinski definition) is 2. The third kappa shape index (κ3) is 3.26. The molecular weight excluding hydrogens is 374 g/mol. The van der Waals surface area contributed by atoms with Gasteiger partial charge in [0.25, 0.3) is 0 Å². The number of aromatic amines is 1. The Kier molecular flexibility index (Phi) is 4.58. The first-order valence-electron chi connectivity index (χ1n) is 10.4. The minimum absolute atomic E-state index is 0.293. The normalized spacial score (nSPS) is 16.1. The van der Waals surface area contributed by atoms with Crippen molar-refractivity contribution in [1.82, 2.24) is 24.7 Å². The van der Waals surface area contributed by atoms with E-state index in [4.69, 9.17) is 9.98 Å². The lowest BCUT2D eigenvalue weighted by Gasteiger charge is -2.10. The van der Waals surface area contributed by atoms with Crippen molar-refractivity contribution < 1.29 is 0 Å². The molecule has 0 amide bonds. The first-order valence-corrected chi connectivity index (χ1v) is 10.4. The van der Waals surface area contributed by atoms with Crippen molar-refractivity contribution in [1.29, 1.82) is 0 Å². The molecule has 0 saturated heterocycles. The van der Waals surface area contributed by atoms with Gasteiger partial charge in [-0.1, -0.05) is 24.3 Å². The second-order valence-corrected chi connectivity index (χ2v) is 8.04. The highest BCUT2D eigenvalue weighted by Crippen LogP contribution is 2.33. The summed E-state index contributed by atoms with van der Waals surface area (Å²) >= 11 is 0. The molecule has 0 bridgehead atoms. The molecular formula is C23H25N7. The van der Waals surface area contributed by atoms with Gasteiger partial charge in [-0.3, -0.25) is 4.68 Å². The number of benzene rings is 1. The van der Waals surface area contributed by atoms with E-state index in [1.54, 1.807) is 0 Å². The van der Waals surface area contributed by atoms with Crippen LogP contribution in [0.2, 0.25) is 0 Å². The van der Waals surface area contributed by atoms with Crippen LogP contribution in [0.5, 0.6) is 0 Å². The Morgan fingerprint density at radius 3 is 2.93 bits per heavy atom. The van der Waals surface area contributed by atoms with Crippen LogP contribution in [0.3, 0.4) is 0 Å². The maximum Gasteiger partial charge on any atom is 0.231 e. The number of aryl methyl sites for hydroxylation is 1. The van der Waals surface area contributed by atoms with E-state index in [-0.39, 0.29) is 0 Å². The quantitative estimate of drug-likeness (QED) is 0.451. The van der Waals surface area contributed by atoms with E-state index in [0.717, 1.165) is 35.3 Å². The van der Waals surface area contributed by atoms with Crippen molar-refractivity contribution in [3.05, 3.63) is 59.5 Å². The van der Waals surface area contributed by atoms with Gasteiger partial charge in [-0.25, -0.2) is 4.99 Å². The highest BCUT2D eigenvalue weighted by atomic mass is 15.3. The number of nitrogens with zero attached hydrogens (tertiary/aromatic N) is 5. The molecule has 4 aromatic rings. The number of aromatic nitrogens is 5. The minimum Gasteiger partial charge on any atom is -0.346 e. The van der Waals surface area contributed by atoms with Crippen LogP contribution in [-0.2, 0) is 6.42 Å². The topological polar surface area (TPSA) is 83.8 Å². The summed E-state index contributed by atoms with van der Waals surface area (Å²) in [6, 6.07) is 10.9. The van der Waals surface area contributed by atoms with Crippen molar-refractivity contribution in [3.8, 4) is 0 Å². The molecule has 0 fully saturated rings. The second kappa shape index (κ2) is 7.40. The van der Waals surface area contributed by atoms with Crippen LogP contribution in [-0.4, -0.2) is 30.9 Å². The minimum atomic E-state index is 0.293. The van der Waals surface area contributed by atoms with E-state index in [1.165, 1.54) is 11.1 Å². The van der Waals surface area contributed by atoms with Crippen LogP contribution in [0.1, 0.15) is 49.0 Å². The smallest absolute Gasteiger partial charge is 0.231 e.